The number of aromatic nitrogens is 1. The molecule has 0 bridgehead atoms. The molecule has 5 nitrogen and oxygen atoms in total. The van der Waals surface area contributed by atoms with Gasteiger partial charge < -0.3 is 10.0 Å². The van der Waals surface area contributed by atoms with Crippen LogP contribution in [0, 0.1) is 5.92 Å². The van der Waals surface area contributed by atoms with Crippen LogP contribution in [0.2, 0.25) is 0 Å². The number of aliphatic carboxylic acids is 1. The summed E-state index contributed by atoms with van der Waals surface area (Å²) in [5.74, 6) is -1.43. The van der Waals surface area contributed by atoms with Crippen molar-refractivity contribution in [2.45, 2.75) is 12.8 Å². The Kier molecular flexibility index (Phi) is 3.96. The molecule has 1 aromatic heterocycles. The molecule has 1 amide bonds. The topological polar surface area (TPSA) is 70.5 Å². The maximum atomic E-state index is 12.3. The molecule has 0 saturated carbocycles. The molecule has 0 unspecified atom stereocenters. The normalized spacial score (nSPS) is 19.6. The van der Waals surface area contributed by atoms with Gasteiger partial charge in [-0.15, -0.1) is 0 Å². The second kappa shape index (κ2) is 5.48. The quantitative estimate of drug-likeness (QED) is 0.903. The zero-order valence-electron chi connectivity index (χ0n) is 9.67. The van der Waals surface area contributed by atoms with Crippen LogP contribution in [-0.4, -0.2) is 40.0 Å². The molecule has 1 N–H and O–H groups in total. The number of halogens is 1. The molecule has 1 aliphatic heterocycles. The fourth-order valence-electron chi connectivity index (χ4n) is 2.08. The lowest BCUT2D eigenvalue weighted by atomic mass is 9.98. The Balaban J connectivity index is 2.14. The van der Waals surface area contributed by atoms with Crippen LogP contribution < -0.4 is 0 Å². The molecule has 0 aliphatic carbocycles. The maximum absolute atomic E-state index is 12.3. The number of amides is 1. The highest BCUT2D eigenvalue weighted by Gasteiger charge is 2.29. The van der Waals surface area contributed by atoms with Crippen molar-refractivity contribution >= 4 is 27.8 Å². The van der Waals surface area contributed by atoms with E-state index in [0.717, 1.165) is 6.42 Å². The average molecular weight is 313 g/mol. The Morgan fingerprint density at radius 2 is 2.28 bits per heavy atom. The molecule has 1 saturated heterocycles. The summed E-state index contributed by atoms with van der Waals surface area (Å²) < 4.78 is 0.632. The second-order valence-electron chi connectivity index (χ2n) is 4.28. The van der Waals surface area contributed by atoms with Crippen molar-refractivity contribution in [1.29, 1.82) is 0 Å². The largest absolute Gasteiger partial charge is 0.481 e. The molecule has 2 rings (SSSR count). The minimum Gasteiger partial charge on any atom is -0.481 e. The van der Waals surface area contributed by atoms with Crippen molar-refractivity contribution < 1.29 is 14.7 Å². The Morgan fingerprint density at radius 1 is 1.50 bits per heavy atom. The van der Waals surface area contributed by atoms with E-state index >= 15 is 0 Å². The molecule has 96 valence electrons. The van der Waals surface area contributed by atoms with Crippen LogP contribution in [-0.2, 0) is 4.79 Å². The van der Waals surface area contributed by atoms with Gasteiger partial charge in [-0.05, 0) is 34.8 Å². The monoisotopic (exact) mass is 312 g/mol. The molecule has 1 fully saturated rings. The van der Waals surface area contributed by atoms with Crippen LogP contribution in [0.15, 0.2) is 22.9 Å². The van der Waals surface area contributed by atoms with Gasteiger partial charge in [0.1, 0.15) is 0 Å². The van der Waals surface area contributed by atoms with Crippen LogP contribution in [0.4, 0.5) is 0 Å². The number of piperidine rings is 1. The molecule has 0 radical (unpaired) electrons. The predicted molar refractivity (Wildman–Crippen MR) is 68.2 cm³/mol. The van der Waals surface area contributed by atoms with Crippen molar-refractivity contribution in [2.24, 2.45) is 5.92 Å². The zero-order valence-corrected chi connectivity index (χ0v) is 11.3. The number of hydrogen-bond acceptors (Lipinski definition) is 3. The van der Waals surface area contributed by atoms with E-state index in [1.165, 1.54) is 0 Å². The fraction of sp³-hybridized carbons (Fsp3) is 0.417. The van der Waals surface area contributed by atoms with E-state index in [2.05, 4.69) is 20.9 Å². The molecule has 0 aromatic carbocycles. The molecule has 1 atom stereocenters. The van der Waals surface area contributed by atoms with Crippen molar-refractivity contribution in [2.75, 3.05) is 13.1 Å². The van der Waals surface area contributed by atoms with Crippen molar-refractivity contribution in [1.82, 2.24) is 9.88 Å². The Hall–Kier alpha value is -1.43. The first-order valence-corrected chi connectivity index (χ1v) is 6.50. The number of carboxylic acid groups (broad SMARTS) is 1. The molecule has 18 heavy (non-hydrogen) atoms. The molecule has 6 heteroatoms. The van der Waals surface area contributed by atoms with E-state index in [1.807, 2.05) is 0 Å². The van der Waals surface area contributed by atoms with E-state index in [-0.39, 0.29) is 12.5 Å². The third-order valence-corrected chi connectivity index (χ3v) is 3.69. The van der Waals surface area contributed by atoms with E-state index < -0.39 is 11.9 Å². The van der Waals surface area contributed by atoms with Gasteiger partial charge in [-0.2, -0.15) is 0 Å². The van der Waals surface area contributed by atoms with Crippen molar-refractivity contribution in [3.05, 3.63) is 28.5 Å². The standard InChI is InChI=1S/C12H13BrN2O3/c13-10-6-14-4-3-9(10)11(16)15-5-1-2-8(7-15)12(17)18/h3-4,6,8H,1-2,5,7H2,(H,17,18)/t8-/m0/s1. The van der Waals surface area contributed by atoms with Gasteiger partial charge in [0, 0.05) is 30.0 Å². The zero-order chi connectivity index (χ0) is 13.1. The summed E-state index contributed by atoms with van der Waals surface area (Å²) in [4.78, 5) is 28.7. The summed E-state index contributed by atoms with van der Waals surface area (Å²) in [6.45, 7) is 0.889. The highest BCUT2D eigenvalue weighted by Crippen LogP contribution is 2.22. The van der Waals surface area contributed by atoms with Crippen LogP contribution >= 0.6 is 15.9 Å². The van der Waals surface area contributed by atoms with Gasteiger partial charge in [-0.25, -0.2) is 0 Å². The SMILES string of the molecule is O=C(O)[C@H]1CCCN(C(=O)c2ccncc2Br)C1. The van der Waals surface area contributed by atoms with E-state index in [1.54, 1.807) is 23.4 Å². The third-order valence-electron chi connectivity index (χ3n) is 3.06. The van der Waals surface area contributed by atoms with Crippen LogP contribution in [0.1, 0.15) is 23.2 Å². The Bertz CT molecular complexity index is 478. The number of carboxylic acids is 1. The maximum Gasteiger partial charge on any atom is 0.308 e. The number of likely N-dealkylation sites (tertiary alicyclic amines) is 1. The summed E-state index contributed by atoms with van der Waals surface area (Å²) >= 11 is 3.28. The second-order valence-corrected chi connectivity index (χ2v) is 5.14. The number of carbonyl (C=O) groups excluding carboxylic acids is 1. The molecule has 1 aliphatic rings. The van der Waals surface area contributed by atoms with Gasteiger partial charge in [0.25, 0.3) is 5.91 Å². The van der Waals surface area contributed by atoms with E-state index in [9.17, 15) is 9.59 Å². The average Bonchev–Trinajstić information content (AvgIpc) is 2.38. The van der Waals surface area contributed by atoms with Crippen LogP contribution in [0.25, 0.3) is 0 Å². The van der Waals surface area contributed by atoms with Crippen molar-refractivity contribution in [3.8, 4) is 0 Å². The summed E-state index contributed by atoms with van der Waals surface area (Å²) in [6, 6.07) is 1.64. The van der Waals surface area contributed by atoms with Gasteiger partial charge in [-0.1, -0.05) is 0 Å². The van der Waals surface area contributed by atoms with Gasteiger partial charge in [0.2, 0.25) is 0 Å². The lowest BCUT2D eigenvalue weighted by Crippen LogP contribution is -2.42. The van der Waals surface area contributed by atoms with E-state index in [0.29, 0.717) is 23.0 Å². The summed E-state index contributed by atoms with van der Waals surface area (Å²) in [7, 11) is 0. The number of pyridine rings is 1. The van der Waals surface area contributed by atoms with Gasteiger partial charge in [0.05, 0.1) is 11.5 Å². The van der Waals surface area contributed by atoms with Crippen LogP contribution in [0.3, 0.4) is 0 Å². The smallest absolute Gasteiger partial charge is 0.308 e. The first-order chi connectivity index (χ1) is 8.59. The van der Waals surface area contributed by atoms with Crippen LogP contribution in [0.5, 0.6) is 0 Å². The summed E-state index contributed by atoms with van der Waals surface area (Å²) in [6.07, 6.45) is 4.48. The predicted octanol–water partition coefficient (Wildman–Crippen LogP) is 1.78. The fourth-order valence-corrected chi connectivity index (χ4v) is 2.50. The Labute approximate surface area is 113 Å². The molecule has 2 heterocycles. The number of hydrogen-bond donors (Lipinski definition) is 1. The number of rotatable bonds is 2. The summed E-state index contributed by atoms with van der Waals surface area (Å²) in [5.41, 5.74) is 0.524. The first kappa shape index (κ1) is 13.0. The van der Waals surface area contributed by atoms with Gasteiger partial charge in [-0.3, -0.25) is 14.6 Å². The minimum absolute atomic E-state index is 0.143. The van der Waals surface area contributed by atoms with E-state index in [4.69, 9.17) is 5.11 Å². The molecule has 1 aromatic rings. The van der Waals surface area contributed by atoms with Gasteiger partial charge >= 0.3 is 5.97 Å². The lowest BCUT2D eigenvalue weighted by molar-refractivity contribution is -0.143. The first-order valence-electron chi connectivity index (χ1n) is 5.71. The minimum atomic E-state index is -0.832. The number of carbonyl (C=O) groups is 2. The van der Waals surface area contributed by atoms with Crippen molar-refractivity contribution in [3.63, 3.8) is 0 Å². The highest BCUT2D eigenvalue weighted by molar-refractivity contribution is 9.10. The highest BCUT2D eigenvalue weighted by atomic mass is 79.9. The number of nitrogens with zero attached hydrogens (tertiary/aromatic N) is 2. The lowest BCUT2D eigenvalue weighted by Gasteiger charge is -2.30. The Morgan fingerprint density at radius 3 is 2.94 bits per heavy atom. The molecular formula is C12H13BrN2O3. The molecule has 0 spiro atoms. The van der Waals surface area contributed by atoms with Gasteiger partial charge in [0.15, 0.2) is 0 Å². The summed E-state index contributed by atoms with van der Waals surface area (Å²) in [5, 5.41) is 9.01. The third kappa shape index (κ3) is 2.69. The molecular weight excluding hydrogens is 300 g/mol.